The summed E-state index contributed by atoms with van der Waals surface area (Å²) in [6.07, 6.45) is 89.4. The van der Waals surface area contributed by atoms with Crippen LogP contribution in [0.2, 0.25) is 0 Å². The molecule has 0 heterocycles. The van der Waals surface area contributed by atoms with Crippen LogP contribution in [0.5, 0.6) is 0 Å². The van der Waals surface area contributed by atoms with E-state index >= 15 is 0 Å². The van der Waals surface area contributed by atoms with Crippen LogP contribution < -0.4 is 5.32 Å². The first kappa shape index (κ1) is 89.5. The van der Waals surface area contributed by atoms with Crippen LogP contribution in [0.15, 0.2) is 24.3 Å². The molecular formula is C81H160N2O7P+. The lowest BCUT2D eigenvalue weighted by Crippen LogP contribution is -2.47. The molecule has 0 spiro atoms. The van der Waals surface area contributed by atoms with Gasteiger partial charge >= 0.3 is 13.8 Å². The zero-order chi connectivity index (χ0) is 66.3. The largest absolute Gasteiger partial charge is 0.472 e. The fraction of sp³-hybridized carbons (Fsp3) is 0.926. The van der Waals surface area contributed by atoms with Crippen molar-refractivity contribution < 1.29 is 37.3 Å². The summed E-state index contributed by atoms with van der Waals surface area (Å²) in [5.74, 6) is -0.475. The number of allylic oxidation sites excluding steroid dienone is 3. The van der Waals surface area contributed by atoms with Crippen LogP contribution in [-0.2, 0) is 27.9 Å². The van der Waals surface area contributed by atoms with Crippen LogP contribution in [0.4, 0.5) is 0 Å². The van der Waals surface area contributed by atoms with Crippen molar-refractivity contribution in [2.45, 2.75) is 444 Å². The Bertz CT molecular complexity index is 1600. The van der Waals surface area contributed by atoms with Gasteiger partial charge in [0.2, 0.25) is 5.91 Å². The minimum absolute atomic E-state index is 0.0451. The van der Waals surface area contributed by atoms with Crippen molar-refractivity contribution in [2.24, 2.45) is 0 Å². The van der Waals surface area contributed by atoms with Crippen molar-refractivity contribution in [3.05, 3.63) is 24.3 Å². The first-order valence-electron chi connectivity index (χ1n) is 40.7. The van der Waals surface area contributed by atoms with Gasteiger partial charge < -0.3 is 19.4 Å². The number of phosphoric ester groups is 1. The lowest BCUT2D eigenvalue weighted by Gasteiger charge is -2.27. The number of hydrogen-bond acceptors (Lipinski definition) is 6. The summed E-state index contributed by atoms with van der Waals surface area (Å²) >= 11 is 0. The van der Waals surface area contributed by atoms with E-state index in [1.165, 1.54) is 340 Å². The van der Waals surface area contributed by atoms with Crippen LogP contribution in [0.1, 0.15) is 432 Å². The second-order valence-corrected chi connectivity index (χ2v) is 30.8. The van der Waals surface area contributed by atoms with Crippen molar-refractivity contribution >= 4 is 19.7 Å². The Morgan fingerprint density at radius 3 is 0.934 bits per heavy atom. The molecule has 0 aliphatic rings. The molecule has 540 valence electrons. The highest BCUT2D eigenvalue weighted by atomic mass is 31.2. The molecule has 0 aromatic rings. The molecule has 3 atom stereocenters. The molecule has 2 N–H and O–H groups in total. The van der Waals surface area contributed by atoms with Crippen molar-refractivity contribution in [2.75, 3.05) is 40.9 Å². The van der Waals surface area contributed by atoms with Gasteiger partial charge in [0.1, 0.15) is 19.3 Å². The minimum atomic E-state index is -4.45. The lowest BCUT2D eigenvalue weighted by molar-refractivity contribution is -0.870. The third kappa shape index (κ3) is 72.6. The predicted molar refractivity (Wildman–Crippen MR) is 397 cm³/mol. The quantitative estimate of drug-likeness (QED) is 0.0205. The Morgan fingerprint density at radius 2 is 0.637 bits per heavy atom. The van der Waals surface area contributed by atoms with Gasteiger partial charge in [-0.2, -0.15) is 0 Å². The maximum Gasteiger partial charge on any atom is 0.472 e. The lowest BCUT2D eigenvalue weighted by atomic mass is 10.0. The molecule has 0 fully saturated rings. The zero-order valence-corrected chi connectivity index (χ0v) is 63.0. The predicted octanol–water partition coefficient (Wildman–Crippen LogP) is 26.4. The Balaban J connectivity index is 4.90. The van der Waals surface area contributed by atoms with E-state index in [1.54, 1.807) is 0 Å². The molecule has 0 saturated carbocycles. The summed E-state index contributed by atoms with van der Waals surface area (Å²) in [6.45, 7) is 7.10. The second-order valence-electron chi connectivity index (χ2n) is 29.3. The monoisotopic (exact) mass is 1300 g/mol. The minimum Gasteiger partial charge on any atom is -0.456 e. The van der Waals surface area contributed by atoms with E-state index in [4.69, 9.17) is 13.8 Å². The summed E-state index contributed by atoms with van der Waals surface area (Å²) < 4.78 is 31.0. The molecule has 1 amide bonds. The SMILES string of the molecule is CCCCCCCC/C=C/CCCCCCCCCCCCCCCCCC(=O)OC(/C=C/CCCCCCCCCCCCC)C(COP(=O)(O)OCC[N+](C)(C)C)NC(=O)CCCCCCCCCCCCCCCCCCCCCCCCCCCCC. The normalized spacial score (nSPS) is 13.4. The third-order valence-electron chi connectivity index (χ3n) is 18.9. The van der Waals surface area contributed by atoms with Gasteiger partial charge in [0, 0.05) is 12.8 Å². The number of amides is 1. The number of phosphoric acid groups is 1. The molecule has 0 saturated heterocycles. The fourth-order valence-corrected chi connectivity index (χ4v) is 13.4. The number of likely N-dealkylation sites (N-methyl/N-ethyl adjacent to an activating group) is 1. The number of ether oxygens (including phenoxy) is 1. The molecule has 0 aromatic carbocycles. The van der Waals surface area contributed by atoms with Gasteiger partial charge in [-0.15, -0.1) is 0 Å². The number of carbonyl (C=O) groups is 2. The summed E-state index contributed by atoms with van der Waals surface area (Å²) in [5.41, 5.74) is 0. The average molecular weight is 1310 g/mol. The van der Waals surface area contributed by atoms with Gasteiger partial charge in [0.05, 0.1) is 33.8 Å². The van der Waals surface area contributed by atoms with Crippen LogP contribution in [0, 0.1) is 0 Å². The highest BCUT2D eigenvalue weighted by Crippen LogP contribution is 2.43. The standard InChI is InChI=1S/C81H159N2O7P/c1-7-10-13-16-19-22-25-28-30-32-34-36-38-40-41-43-44-46-48-50-52-55-58-61-64-67-70-73-80(84)82-78(77-89-91(86,87)88-76-75-83(4,5)6)79(72-69-66-63-60-57-54-27-24-21-18-15-12-9-3)90-81(85)74-71-68-65-62-59-56-53-51-49-47-45-42-39-37-35-33-31-29-26-23-20-17-14-11-8-2/h29,31,69,72,78-79H,7-28,30,32-68,70-71,73-77H2,1-6H3,(H-,82,84,86,87)/p+1/b31-29+,72-69+. The van der Waals surface area contributed by atoms with E-state index in [0.717, 1.165) is 57.8 Å². The Kier molecular flexibility index (Phi) is 70.1. The first-order valence-corrected chi connectivity index (χ1v) is 42.2. The second kappa shape index (κ2) is 71.3. The summed E-state index contributed by atoms with van der Waals surface area (Å²) in [5, 5.41) is 3.09. The molecule has 0 radical (unpaired) electrons. The fourth-order valence-electron chi connectivity index (χ4n) is 12.6. The number of quaternary nitrogens is 1. The molecule has 10 heteroatoms. The van der Waals surface area contributed by atoms with Crippen LogP contribution in [0.25, 0.3) is 0 Å². The number of hydrogen-bond donors (Lipinski definition) is 2. The summed E-state index contributed by atoms with van der Waals surface area (Å²) in [7, 11) is 1.52. The highest BCUT2D eigenvalue weighted by Gasteiger charge is 2.30. The third-order valence-corrected chi connectivity index (χ3v) is 19.9. The molecule has 9 nitrogen and oxygen atoms in total. The van der Waals surface area contributed by atoms with Crippen molar-refractivity contribution in [1.82, 2.24) is 5.32 Å². The maximum absolute atomic E-state index is 13.7. The molecule has 0 aromatic heterocycles. The van der Waals surface area contributed by atoms with Crippen molar-refractivity contribution in [3.63, 3.8) is 0 Å². The molecule has 0 bridgehead atoms. The number of nitrogens with zero attached hydrogens (tertiary/aromatic N) is 1. The molecule has 0 rings (SSSR count). The van der Waals surface area contributed by atoms with Crippen LogP contribution in [0.3, 0.4) is 0 Å². The number of unbranched alkanes of at least 4 members (excludes halogenated alkanes) is 58. The van der Waals surface area contributed by atoms with Gasteiger partial charge in [-0.05, 0) is 57.4 Å². The van der Waals surface area contributed by atoms with Gasteiger partial charge in [-0.3, -0.25) is 18.6 Å². The number of esters is 1. The molecule has 91 heavy (non-hydrogen) atoms. The van der Waals surface area contributed by atoms with Gasteiger partial charge in [-0.25, -0.2) is 4.57 Å². The zero-order valence-electron chi connectivity index (χ0n) is 62.1. The average Bonchev–Trinajstić information content (AvgIpc) is 3.70. The summed E-state index contributed by atoms with van der Waals surface area (Å²) in [4.78, 5) is 38.1. The number of carbonyl (C=O) groups excluding carboxylic acids is 2. The van der Waals surface area contributed by atoms with Crippen molar-refractivity contribution in [1.29, 1.82) is 0 Å². The van der Waals surface area contributed by atoms with Crippen LogP contribution in [-0.4, -0.2) is 74.3 Å². The van der Waals surface area contributed by atoms with Crippen LogP contribution >= 0.6 is 7.82 Å². The van der Waals surface area contributed by atoms with Gasteiger partial charge in [-0.1, -0.05) is 386 Å². The summed E-state index contributed by atoms with van der Waals surface area (Å²) in [6, 6.07) is -0.844. The molecule has 0 aliphatic heterocycles. The van der Waals surface area contributed by atoms with E-state index < -0.39 is 20.0 Å². The van der Waals surface area contributed by atoms with E-state index in [2.05, 4.69) is 44.3 Å². The highest BCUT2D eigenvalue weighted by molar-refractivity contribution is 7.47. The van der Waals surface area contributed by atoms with Crippen molar-refractivity contribution in [3.8, 4) is 0 Å². The Morgan fingerprint density at radius 1 is 0.374 bits per heavy atom. The topological polar surface area (TPSA) is 111 Å². The van der Waals surface area contributed by atoms with E-state index in [0.29, 0.717) is 23.9 Å². The molecular weight excluding hydrogens is 1140 g/mol. The van der Waals surface area contributed by atoms with Gasteiger partial charge in [0.25, 0.3) is 0 Å². The van der Waals surface area contributed by atoms with E-state index in [-0.39, 0.29) is 25.1 Å². The molecule has 3 unspecified atom stereocenters. The Labute approximate surface area is 568 Å². The maximum atomic E-state index is 13.7. The Hall–Kier alpha value is -1.51. The molecule has 0 aliphatic carbocycles. The number of nitrogens with one attached hydrogen (secondary N) is 1. The van der Waals surface area contributed by atoms with Gasteiger partial charge in [0.15, 0.2) is 0 Å². The van der Waals surface area contributed by atoms with E-state index in [1.807, 2.05) is 27.2 Å². The smallest absolute Gasteiger partial charge is 0.456 e. The van der Waals surface area contributed by atoms with E-state index in [9.17, 15) is 19.0 Å². The number of rotatable bonds is 76. The first-order chi connectivity index (χ1) is 44.4.